The number of imidazole rings is 1. The number of benzene rings is 3. The molecule has 0 bridgehead atoms. The number of carbonyl (C=O) groups is 1. The summed E-state index contributed by atoms with van der Waals surface area (Å²) in [5.74, 6) is -0.476. The van der Waals surface area contributed by atoms with E-state index in [1.807, 2.05) is 23.6 Å². The number of hydrogen-bond acceptors (Lipinski definition) is 5. The number of halogens is 2. The van der Waals surface area contributed by atoms with E-state index in [-0.39, 0.29) is 17.3 Å². The van der Waals surface area contributed by atoms with Gasteiger partial charge in [0.2, 0.25) is 0 Å². The first kappa shape index (κ1) is 21.3. The molecule has 33 heavy (non-hydrogen) atoms. The molecule has 5 nitrogen and oxygen atoms in total. The summed E-state index contributed by atoms with van der Waals surface area (Å²) in [6, 6.07) is 15.8. The maximum Gasteiger partial charge on any atom is 0.256 e. The largest absolute Gasteiger partial charge is 0.338 e. The summed E-state index contributed by atoms with van der Waals surface area (Å²) in [4.78, 5) is 25.5. The summed E-state index contributed by atoms with van der Waals surface area (Å²) in [5.41, 5.74) is 5.09. The molecule has 0 saturated carbocycles. The van der Waals surface area contributed by atoms with E-state index in [0.29, 0.717) is 28.0 Å². The molecule has 1 amide bonds. The lowest BCUT2D eigenvalue weighted by Gasteiger charge is -2.09. The highest BCUT2D eigenvalue weighted by Crippen LogP contribution is 2.28. The van der Waals surface area contributed by atoms with Crippen molar-refractivity contribution in [1.82, 2.24) is 15.0 Å². The normalized spacial score (nSPS) is 11.1. The maximum atomic E-state index is 14.1. The predicted octanol–water partition coefficient (Wildman–Crippen LogP) is 6.51. The van der Waals surface area contributed by atoms with Gasteiger partial charge in [-0.1, -0.05) is 12.1 Å². The maximum absolute atomic E-state index is 14.1. The SMILES string of the molecule is O=C(Nc1ccc2nc(-c3cc(F)ccc3F)[nH]c2c1)c1ccccc1SCc1cscn1. The molecule has 0 aliphatic carbocycles. The van der Waals surface area contributed by atoms with Crippen LogP contribution in [0.3, 0.4) is 0 Å². The number of fused-ring (bicyclic) bond motifs is 1. The Balaban J connectivity index is 1.37. The van der Waals surface area contributed by atoms with Crippen molar-refractivity contribution in [2.45, 2.75) is 10.6 Å². The zero-order valence-electron chi connectivity index (χ0n) is 17.0. The van der Waals surface area contributed by atoms with Gasteiger partial charge in [-0.25, -0.2) is 18.7 Å². The molecule has 3 aromatic carbocycles. The zero-order chi connectivity index (χ0) is 22.8. The topological polar surface area (TPSA) is 70.7 Å². The van der Waals surface area contributed by atoms with Gasteiger partial charge in [0.1, 0.15) is 17.5 Å². The van der Waals surface area contributed by atoms with Crippen LogP contribution in [-0.4, -0.2) is 20.9 Å². The first-order chi connectivity index (χ1) is 16.1. The number of aromatic amines is 1. The molecule has 0 unspecified atom stereocenters. The lowest BCUT2D eigenvalue weighted by atomic mass is 10.2. The molecule has 5 rings (SSSR count). The molecule has 2 aromatic heterocycles. The second-order valence-corrected chi connectivity index (χ2v) is 8.90. The Hall–Kier alpha value is -3.56. The molecule has 0 aliphatic heterocycles. The Morgan fingerprint density at radius 3 is 2.82 bits per heavy atom. The summed E-state index contributed by atoms with van der Waals surface area (Å²) in [6.45, 7) is 0. The van der Waals surface area contributed by atoms with Crippen LogP contribution in [0.1, 0.15) is 16.1 Å². The molecular formula is C24H16F2N4OS2. The molecule has 2 heterocycles. The molecule has 0 aliphatic rings. The van der Waals surface area contributed by atoms with Gasteiger partial charge in [-0.3, -0.25) is 4.79 Å². The van der Waals surface area contributed by atoms with Crippen molar-refractivity contribution >= 4 is 45.7 Å². The van der Waals surface area contributed by atoms with E-state index < -0.39 is 11.6 Å². The van der Waals surface area contributed by atoms with Gasteiger partial charge in [-0.05, 0) is 48.5 Å². The molecular weight excluding hydrogens is 462 g/mol. The van der Waals surface area contributed by atoms with Gasteiger partial charge in [0.25, 0.3) is 5.91 Å². The van der Waals surface area contributed by atoms with Crippen LogP contribution in [0.2, 0.25) is 0 Å². The molecule has 0 saturated heterocycles. The Morgan fingerprint density at radius 1 is 1.09 bits per heavy atom. The van der Waals surface area contributed by atoms with Crippen LogP contribution in [0.5, 0.6) is 0 Å². The van der Waals surface area contributed by atoms with Gasteiger partial charge in [0.15, 0.2) is 0 Å². The lowest BCUT2D eigenvalue weighted by Crippen LogP contribution is -2.12. The number of thiazole rings is 1. The van der Waals surface area contributed by atoms with E-state index in [2.05, 4.69) is 20.3 Å². The summed E-state index contributed by atoms with van der Waals surface area (Å²) in [6.07, 6.45) is 0. The fourth-order valence-corrected chi connectivity index (χ4v) is 4.95. The molecule has 5 aromatic rings. The van der Waals surface area contributed by atoms with Crippen molar-refractivity contribution in [2.24, 2.45) is 0 Å². The Morgan fingerprint density at radius 2 is 1.97 bits per heavy atom. The van der Waals surface area contributed by atoms with Crippen LogP contribution < -0.4 is 5.32 Å². The molecule has 9 heteroatoms. The average molecular weight is 479 g/mol. The fraction of sp³-hybridized carbons (Fsp3) is 0.0417. The van der Waals surface area contributed by atoms with Crippen LogP contribution in [0.25, 0.3) is 22.4 Å². The van der Waals surface area contributed by atoms with Crippen molar-refractivity contribution in [3.63, 3.8) is 0 Å². The first-order valence-electron chi connectivity index (χ1n) is 9.92. The second kappa shape index (κ2) is 9.13. The van der Waals surface area contributed by atoms with E-state index in [1.165, 1.54) is 11.3 Å². The van der Waals surface area contributed by atoms with E-state index >= 15 is 0 Å². The quantitative estimate of drug-likeness (QED) is 0.273. The minimum Gasteiger partial charge on any atom is -0.338 e. The van der Waals surface area contributed by atoms with Crippen LogP contribution in [0.4, 0.5) is 14.5 Å². The van der Waals surface area contributed by atoms with E-state index in [1.54, 1.807) is 41.5 Å². The summed E-state index contributed by atoms with van der Waals surface area (Å²) < 4.78 is 27.7. The fourth-order valence-electron chi connectivity index (χ4n) is 3.33. The minimum absolute atomic E-state index is 0.0443. The van der Waals surface area contributed by atoms with Crippen molar-refractivity contribution < 1.29 is 13.6 Å². The minimum atomic E-state index is -0.573. The third-order valence-electron chi connectivity index (χ3n) is 4.91. The predicted molar refractivity (Wildman–Crippen MR) is 128 cm³/mol. The standard InChI is InChI=1S/C24H16F2N4OS2/c25-14-5-7-19(26)18(9-14)23-29-20-8-6-15(10-21(20)30-23)28-24(31)17-3-1-2-4-22(17)33-12-16-11-32-13-27-16/h1-11,13H,12H2,(H,28,31)(H,29,30). The monoisotopic (exact) mass is 478 g/mol. The van der Waals surface area contributed by atoms with Gasteiger partial charge in [0, 0.05) is 21.7 Å². The van der Waals surface area contributed by atoms with Gasteiger partial charge < -0.3 is 10.3 Å². The van der Waals surface area contributed by atoms with Gasteiger partial charge in [-0.2, -0.15) is 0 Å². The van der Waals surface area contributed by atoms with Crippen molar-refractivity contribution in [3.05, 3.63) is 94.4 Å². The lowest BCUT2D eigenvalue weighted by molar-refractivity contribution is 0.102. The molecule has 0 radical (unpaired) electrons. The Kier molecular flexibility index (Phi) is 5.89. The number of rotatable bonds is 6. The van der Waals surface area contributed by atoms with E-state index in [9.17, 15) is 13.6 Å². The van der Waals surface area contributed by atoms with Crippen molar-refractivity contribution in [1.29, 1.82) is 0 Å². The molecule has 2 N–H and O–H groups in total. The summed E-state index contributed by atoms with van der Waals surface area (Å²) in [7, 11) is 0. The highest BCUT2D eigenvalue weighted by molar-refractivity contribution is 7.98. The molecule has 0 fully saturated rings. The smallest absolute Gasteiger partial charge is 0.256 e. The van der Waals surface area contributed by atoms with Gasteiger partial charge in [-0.15, -0.1) is 23.1 Å². The van der Waals surface area contributed by atoms with Crippen molar-refractivity contribution in [2.75, 3.05) is 5.32 Å². The third-order valence-corrected chi connectivity index (χ3v) is 6.66. The van der Waals surface area contributed by atoms with E-state index in [4.69, 9.17) is 0 Å². The number of aromatic nitrogens is 3. The van der Waals surface area contributed by atoms with Crippen molar-refractivity contribution in [3.8, 4) is 11.4 Å². The number of H-pyrrole nitrogens is 1. The van der Waals surface area contributed by atoms with Crippen LogP contribution in [0.15, 0.2) is 76.4 Å². The molecule has 164 valence electrons. The number of hydrogen-bond donors (Lipinski definition) is 2. The van der Waals surface area contributed by atoms with Gasteiger partial charge >= 0.3 is 0 Å². The van der Waals surface area contributed by atoms with Crippen LogP contribution in [-0.2, 0) is 5.75 Å². The highest BCUT2D eigenvalue weighted by atomic mass is 32.2. The van der Waals surface area contributed by atoms with Crippen LogP contribution in [0, 0.1) is 11.6 Å². The Labute approximate surface area is 195 Å². The number of amides is 1. The molecule has 0 atom stereocenters. The first-order valence-corrected chi connectivity index (χ1v) is 11.8. The van der Waals surface area contributed by atoms with Crippen LogP contribution >= 0.6 is 23.1 Å². The van der Waals surface area contributed by atoms with Gasteiger partial charge in [0.05, 0.1) is 33.4 Å². The number of nitrogens with zero attached hydrogens (tertiary/aromatic N) is 2. The number of anilines is 1. The molecule has 0 spiro atoms. The summed E-state index contributed by atoms with van der Waals surface area (Å²) >= 11 is 3.09. The third kappa shape index (κ3) is 4.64. The number of carbonyl (C=O) groups excluding carboxylic acids is 1. The van der Waals surface area contributed by atoms with E-state index in [0.717, 1.165) is 28.8 Å². The number of nitrogens with one attached hydrogen (secondary N) is 2. The Bertz CT molecular complexity index is 1450. The average Bonchev–Trinajstić information content (AvgIpc) is 3.49. The summed E-state index contributed by atoms with van der Waals surface area (Å²) in [5, 5.41) is 4.89. The second-order valence-electron chi connectivity index (χ2n) is 7.16. The zero-order valence-corrected chi connectivity index (χ0v) is 18.6. The highest BCUT2D eigenvalue weighted by Gasteiger charge is 2.15. The number of thioether (sulfide) groups is 1.